The van der Waals surface area contributed by atoms with Crippen LogP contribution < -0.4 is 20.2 Å². The van der Waals surface area contributed by atoms with Crippen molar-refractivity contribution in [1.82, 2.24) is 0 Å². The summed E-state index contributed by atoms with van der Waals surface area (Å²) in [6, 6.07) is 22.3. The smallest absolute Gasteiger partial charge is 0.256 e. The molecule has 0 aromatic heterocycles. The molecule has 3 aromatic rings. The number of benzene rings is 3. The van der Waals surface area contributed by atoms with Crippen LogP contribution in [0.25, 0.3) is 0 Å². The van der Waals surface area contributed by atoms with Crippen LogP contribution in [0, 0.1) is 6.92 Å². The third-order valence-corrected chi connectivity index (χ3v) is 5.56. The van der Waals surface area contributed by atoms with Gasteiger partial charge in [-0.2, -0.15) is 0 Å². The summed E-state index contributed by atoms with van der Waals surface area (Å²) in [7, 11) is 0. The Morgan fingerprint density at radius 2 is 1.23 bits per heavy atom. The molecule has 6 heteroatoms. The quantitative estimate of drug-likeness (QED) is 0.695. The molecule has 0 bridgehead atoms. The van der Waals surface area contributed by atoms with E-state index in [0.717, 1.165) is 31.9 Å². The van der Waals surface area contributed by atoms with E-state index in [1.165, 1.54) is 23.4 Å². The molecule has 4 rings (SSSR count). The summed E-state index contributed by atoms with van der Waals surface area (Å²) in [4.78, 5) is 28.4. The van der Waals surface area contributed by atoms with Crippen LogP contribution in [0.4, 0.5) is 17.1 Å². The second-order valence-corrected chi connectivity index (χ2v) is 7.64. The molecule has 0 radical (unpaired) electrons. The molecule has 1 heterocycles. The van der Waals surface area contributed by atoms with Crippen molar-refractivity contribution in [2.24, 2.45) is 0 Å². The molecule has 1 saturated heterocycles. The van der Waals surface area contributed by atoms with Gasteiger partial charge in [-0.25, -0.2) is 0 Å². The largest absolute Gasteiger partial charge is 0.545 e. The van der Waals surface area contributed by atoms with Crippen LogP contribution in [-0.4, -0.2) is 38.1 Å². The number of rotatable bonds is 5. The van der Waals surface area contributed by atoms with E-state index in [1.54, 1.807) is 12.1 Å². The van der Waals surface area contributed by atoms with Crippen LogP contribution >= 0.6 is 0 Å². The maximum absolute atomic E-state index is 12.5. The molecular weight excluding hydrogens is 390 g/mol. The van der Waals surface area contributed by atoms with Gasteiger partial charge in [0.25, 0.3) is 5.91 Å². The first kappa shape index (κ1) is 20.5. The molecule has 3 aromatic carbocycles. The molecule has 1 fully saturated rings. The van der Waals surface area contributed by atoms with Crippen LogP contribution in [0.15, 0.2) is 72.8 Å². The Morgan fingerprint density at radius 1 is 0.742 bits per heavy atom. The number of carboxylic acid groups (broad SMARTS) is 1. The SMILES string of the molecule is Cc1ccc(N2CCN(c3ccc(NC(=O)c4ccccc4C(=O)[O-])cc3)CC2)cc1. The number of piperazine rings is 1. The summed E-state index contributed by atoms with van der Waals surface area (Å²) in [5.41, 5.74) is 4.18. The predicted molar refractivity (Wildman–Crippen MR) is 121 cm³/mol. The summed E-state index contributed by atoms with van der Waals surface area (Å²) < 4.78 is 0. The fourth-order valence-corrected chi connectivity index (χ4v) is 3.79. The van der Waals surface area contributed by atoms with Gasteiger partial charge in [-0.15, -0.1) is 0 Å². The van der Waals surface area contributed by atoms with Crippen LogP contribution in [0.5, 0.6) is 0 Å². The average molecular weight is 414 g/mol. The minimum atomic E-state index is -1.37. The van der Waals surface area contributed by atoms with E-state index in [4.69, 9.17) is 0 Å². The van der Waals surface area contributed by atoms with E-state index in [-0.39, 0.29) is 11.1 Å². The molecule has 1 aliphatic rings. The first-order chi connectivity index (χ1) is 15.0. The number of nitrogens with one attached hydrogen (secondary N) is 1. The summed E-state index contributed by atoms with van der Waals surface area (Å²) in [5, 5.41) is 14.0. The van der Waals surface area contributed by atoms with Crippen LogP contribution in [-0.2, 0) is 0 Å². The lowest BCUT2D eigenvalue weighted by atomic mass is 10.1. The maximum atomic E-state index is 12.5. The second-order valence-electron chi connectivity index (χ2n) is 7.64. The molecule has 1 N–H and O–H groups in total. The lowest BCUT2D eigenvalue weighted by Crippen LogP contribution is -2.46. The molecule has 0 unspecified atom stereocenters. The van der Waals surface area contributed by atoms with Gasteiger partial charge in [-0.3, -0.25) is 4.79 Å². The number of nitrogens with zero attached hydrogens (tertiary/aromatic N) is 2. The van der Waals surface area contributed by atoms with Crippen molar-refractivity contribution in [3.8, 4) is 0 Å². The normalized spacial score (nSPS) is 13.7. The monoisotopic (exact) mass is 414 g/mol. The summed E-state index contributed by atoms with van der Waals surface area (Å²) >= 11 is 0. The number of hydrogen-bond acceptors (Lipinski definition) is 5. The molecule has 1 amide bonds. The van der Waals surface area contributed by atoms with Crippen molar-refractivity contribution in [2.75, 3.05) is 41.3 Å². The standard InChI is InChI=1S/C25H25N3O3/c1-18-6-10-20(11-7-18)27-14-16-28(17-15-27)21-12-8-19(9-13-21)26-24(29)22-4-2-3-5-23(22)25(30)31/h2-13H,14-17H2,1H3,(H,26,29)(H,30,31)/p-1. The molecule has 1 aliphatic heterocycles. The average Bonchev–Trinajstić information content (AvgIpc) is 2.80. The minimum Gasteiger partial charge on any atom is -0.545 e. The third kappa shape index (κ3) is 4.69. The van der Waals surface area contributed by atoms with Gasteiger partial charge in [0.05, 0.1) is 5.97 Å². The van der Waals surface area contributed by atoms with Gasteiger partial charge < -0.3 is 25.0 Å². The molecule has 6 nitrogen and oxygen atoms in total. The van der Waals surface area contributed by atoms with E-state index in [2.05, 4.69) is 46.3 Å². The topological polar surface area (TPSA) is 75.7 Å². The van der Waals surface area contributed by atoms with Crippen molar-refractivity contribution in [1.29, 1.82) is 0 Å². The molecule has 0 aliphatic carbocycles. The Hall–Kier alpha value is -3.80. The lowest BCUT2D eigenvalue weighted by molar-refractivity contribution is -0.255. The minimum absolute atomic E-state index is 0.0822. The van der Waals surface area contributed by atoms with Crippen LogP contribution in [0.3, 0.4) is 0 Å². The first-order valence-electron chi connectivity index (χ1n) is 10.3. The number of carboxylic acids is 1. The highest BCUT2D eigenvalue weighted by molar-refractivity contribution is 6.10. The Kier molecular flexibility index (Phi) is 5.89. The van der Waals surface area contributed by atoms with Crippen molar-refractivity contribution < 1.29 is 14.7 Å². The number of anilines is 3. The Morgan fingerprint density at radius 3 is 1.74 bits per heavy atom. The number of aromatic carboxylic acids is 1. The molecular formula is C25H24N3O3-. The maximum Gasteiger partial charge on any atom is 0.256 e. The van der Waals surface area contributed by atoms with Gasteiger partial charge in [0.2, 0.25) is 0 Å². The van der Waals surface area contributed by atoms with E-state index in [0.29, 0.717) is 5.69 Å². The molecule has 0 atom stereocenters. The van der Waals surface area contributed by atoms with Crippen molar-refractivity contribution in [3.63, 3.8) is 0 Å². The molecule has 158 valence electrons. The van der Waals surface area contributed by atoms with E-state index < -0.39 is 11.9 Å². The Balaban J connectivity index is 1.37. The van der Waals surface area contributed by atoms with E-state index in [9.17, 15) is 14.7 Å². The molecule has 31 heavy (non-hydrogen) atoms. The zero-order valence-corrected chi connectivity index (χ0v) is 17.4. The van der Waals surface area contributed by atoms with Crippen LogP contribution in [0.1, 0.15) is 26.3 Å². The van der Waals surface area contributed by atoms with Crippen molar-refractivity contribution in [3.05, 3.63) is 89.5 Å². The van der Waals surface area contributed by atoms with E-state index in [1.807, 2.05) is 24.3 Å². The number of carbonyl (C=O) groups excluding carboxylic acids is 2. The number of aryl methyl sites for hydroxylation is 1. The summed E-state index contributed by atoms with van der Waals surface area (Å²) in [5.74, 6) is -1.84. The number of hydrogen-bond donors (Lipinski definition) is 1. The third-order valence-electron chi connectivity index (χ3n) is 5.56. The van der Waals surface area contributed by atoms with Gasteiger partial charge >= 0.3 is 0 Å². The predicted octanol–water partition coefficient (Wildman–Crippen LogP) is 2.94. The summed E-state index contributed by atoms with van der Waals surface area (Å²) in [6.45, 7) is 5.82. The molecule has 0 saturated carbocycles. The molecule has 0 spiro atoms. The highest BCUT2D eigenvalue weighted by Gasteiger charge is 2.18. The fourth-order valence-electron chi connectivity index (χ4n) is 3.79. The zero-order valence-electron chi connectivity index (χ0n) is 17.4. The summed E-state index contributed by atoms with van der Waals surface area (Å²) in [6.07, 6.45) is 0. The van der Waals surface area contributed by atoms with Gasteiger partial charge in [-0.05, 0) is 49.4 Å². The highest BCUT2D eigenvalue weighted by Crippen LogP contribution is 2.23. The number of amides is 1. The van der Waals surface area contributed by atoms with Crippen molar-refractivity contribution in [2.45, 2.75) is 6.92 Å². The fraction of sp³-hybridized carbons (Fsp3) is 0.200. The Labute approximate surface area is 181 Å². The van der Waals surface area contributed by atoms with Gasteiger partial charge in [0.15, 0.2) is 0 Å². The van der Waals surface area contributed by atoms with Gasteiger partial charge in [-0.1, -0.05) is 35.9 Å². The van der Waals surface area contributed by atoms with Crippen LogP contribution in [0.2, 0.25) is 0 Å². The van der Waals surface area contributed by atoms with Crippen molar-refractivity contribution >= 4 is 28.9 Å². The van der Waals surface area contributed by atoms with Gasteiger partial charge in [0, 0.05) is 54.4 Å². The zero-order chi connectivity index (χ0) is 21.8. The second kappa shape index (κ2) is 8.92. The first-order valence-corrected chi connectivity index (χ1v) is 10.3. The van der Waals surface area contributed by atoms with E-state index >= 15 is 0 Å². The van der Waals surface area contributed by atoms with Gasteiger partial charge in [0.1, 0.15) is 0 Å². The Bertz CT molecular complexity index is 1070. The number of carbonyl (C=O) groups is 2. The lowest BCUT2D eigenvalue weighted by Gasteiger charge is -2.37. The highest BCUT2D eigenvalue weighted by atomic mass is 16.4.